The van der Waals surface area contributed by atoms with Gasteiger partial charge in [-0.3, -0.25) is 9.59 Å². The molecule has 1 aliphatic heterocycles. The summed E-state index contributed by atoms with van der Waals surface area (Å²) in [5, 5.41) is 12.9. The third-order valence-electron chi connectivity index (χ3n) is 10.4. The molecule has 2 aliphatic carbocycles. The number of benzene rings is 3. The summed E-state index contributed by atoms with van der Waals surface area (Å²) in [4.78, 5) is 41.8. The van der Waals surface area contributed by atoms with Crippen LogP contribution in [-0.2, 0) is 39.2 Å². The Labute approximate surface area is 290 Å². The molecule has 0 bridgehead atoms. The van der Waals surface area contributed by atoms with E-state index in [4.69, 9.17) is 9.47 Å². The van der Waals surface area contributed by atoms with Crippen LogP contribution in [0.2, 0.25) is 0 Å². The van der Waals surface area contributed by atoms with Crippen LogP contribution in [0.5, 0.6) is 17.2 Å². The lowest BCUT2D eigenvalue weighted by atomic mass is 9.87. The topological polar surface area (TPSA) is 105 Å². The van der Waals surface area contributed by atoms with E-state index in [9.17, 15) is 19.5 Å². The molecule has 2 fully saturated rings. The molecule has 0 saturated heterocycles. The highest BCUT2D eigenvalue weighted by Crippen LogP contribution is 2.34. The second kappa shape index (κ2) is 15.1. The van der Waals surface area contributed by atoms with Gasteiger partial charge in [0.2, 0.25) is 11.8 Å². The molecule has 3 aromatic rings. The molecule has 8 nitrogen and oxygen atoms in total. The van der Waals surface area contributed by atoms with Gasteiger partial charge in [-0.2, -0.15) is 0 Å². The minimum Gasteiger partial charge on any atom is -0.490 e. The number of nitrogens with zero attached hydrogens (tertiary/aromatic N) is 1. The highest BCUT2D eigenvalue weighted by molar-refractivity contribution is 5.91. The van der Waals surface area contributed by atoms with Crippen LogP contribution >= 0.6 is 0 Å². The lowest BCUT2D eigenvalue weighted by Crippen LogP contribution is -2.56. The largest absolute Gasteiger partial charge is 0.490 e. The summed E-state index contributed by atoms with van der Waals surface area (Å²) < 4.78 is 12.3. The molecule has 1 heterocycles. The van der Waals surface area contributed by atoms with Gasteiger partial charge in [-0.25, -0.2) is 4.79 Å². The van der Waals surface area contributed by atoms with E-state index in [0.717, 1.165) is 66.7 Å². The van der Waals surface area contributed by atoms with Crippen molar-refractivity contribution in [1.82, 2.24) is 10.2 Å². The van der Waals surface area contributed by atoms with Gasteiger partial charge in [0.05, 0.1) is 6.10 Å². The van der Waals surface area contributed by atoms with Crippen LogP contribution in [0.3, 0.4) is 0 Å². The first-order chi connectivity index (χ1) is 23.5. The van der Waals surface area contributed by atoms with Gasteiger partial charge in [0.25, 0.3) is 0 Å². The molecule has 2 N–H and O–H groups in total. The number of amides is 2. The number of carbonyl (C=O) groups excluding carboxylic acids is 2. The molecule has 49 heavy (non-hydrogen) atoms. The first-order valence-corrected chi connectivity index (χ1v) is 18.0. The molecule has 0 unspecified atom stereocenters. The van der Waals surface area contributed by atoms with Gasteiger partial charge in [0.1, 0.15) is 29.3 Å². The summed E-state index contributed by atoms with van der Waals surface area (Å²) in [5.74, 6) is 0.859. The minimum atomic E-state index is -1.14. The predicted octanol–water partition coefficient (Wildman–Crippen LogP) is 7.74. The number of carboxylic acids is 1. The van der Waals surface area contributed by atoms with Crippen LogP contribution in [0.15, 0.2) is 66.7 Å². The molecule has 3 aromatic carbocycles. The fourth-order valence-corrected chi connectivity index (χ4v) is 7.46. The predicted molar refractivity (Wildman–Crippen MR) is 189 cm³/mol. The summed E-state index contributed by atoms with van der Waals surface area (Å²) in [6.45, 7) is 6.78. The van der Waals surface area contributed by atoms with E-state index >= 15 is 0 Å². The first-order valence-electron chi connectivity index (χ1n) is 18.0. The molecule has 0 spiro atoms. The van der Waals surface area contributed by atoms with Crippen molar-refractivity contribution < 1.29 is 29.0 Å². The zero-order valence-electron chi connectivity index (χ0n) is 29.1. The Bertz CT molecular complexity index is 1620. The van der Waals surface area contributed by atoms with E-state index in [1.165, 1.54) is 18.4 Å². The zero-order valence-corrected chi connectivity index (χ0v) is 29.1. The van der Waals surface area contributed by atoms with Gasteiger partial charge in [0, 0.05) is 25.8 Å². The third-order valence-corrected chi connectivity index (χ3v) is 10.4. The van der Waals surface area contributed by atoms with E-state index < -0.39 is 24.0 Å². The fraction of sp³-hybridized carbons (Fsp3) is 0.488. The Kier molecular flexibility index (Phi) is 10.6. The monoisotopic (exact) mass is 666 g/mol. The summed E-state index contributed by atoms with van der Waals surface area (Å²) in [7, 11) is 0. The van der Waals surface area contributed by atoms with Crippen molar-refractivity contribution in [2.75, 3.05) is 0 Å². The number of fused-ring (bicyclic) bond motifs is 1. The summed E-state index contributed by atoms with van der Waals surface area (Å²) in [5.41, 5.74) is 3.93. The Morgan fingerprint density at radius 1 is 0.837 bits per heavy atom. The Morgan fingerprint density at radius 2 is 1.47 bits per heavy atom. The van der Waals surface area contributed by atoms with Crippen LogP contribution in [0.4, 0.5) is 0 Å². The molecule has 0 radical (unpaired) electrons. The maximum atomic E-state index is 13.9. The normalized spacial score (nSPS) is 18.9. The maximum absolute atomic E-state index is 13.9. The van der Waals surface area contributed by atoms with E-state index in [1.54, 1.807) is 4.90 Å². The molecule has 0 aromatic heterocycles. The van der Waals surface area contributed by atoms with Crippen molar-refractivity contribution in [2.24, 2.45) is 5.92 Å². The molecule has 3 aliphatic rings. The zero-order chi connectivity index (χ0) is 34.5. The number of hydrogen-bond donors (Lipinski definition) is 2. The fourth-order valence-electron chi connectivity index (χ4n) is 7.46. The molecule has 2 amide bonds. The molecule has 8 heteroatoms. The smallest absolute Gasteiger partial charge is 0.326 e. The van der Waals surface area contributed by atoms with Crippen molar-refractivity contribution in [3.63, 3.8) is 0 Å². The van der Waals surface area contributed by atoms with Gasteiger partial charge in [-0.1, -0.05) is 63.9 Å². The van der Waals surface area contributed by atoms with Gasteiger partial charge in [0.15, 0.2) is 0 Å². The van der Waals surface area contributed by atoms with Gasteiger partial charge in [-0.15, -0.1) is 0 Å². The Balaban J connectivity index is 1.16. The molecular weight excluding hydrogens is 616 g/mol. The van der Waals surface area contributed by atoms with Crippen molar-refractivity contribution in [1.29, 1.82) is 0 Å². The van der Waals surface area contributed by atoms with Crippen LogP contribution in [0, 0.1) is 5.92 Å². The summed E-state index contributed by atoms with van der Waals surface area (Å²) in [6, 6.07) is 19.4. The molecule has 2 saturated carbocycles. The van der Waals surface area contributed by atoms with Crippen LogP contribution in [0.25, 0.3) is 0 Å². The second-order valence-corrected chi connectivity index (χ2v) is 15.2. The van der Waals surface area contributed by atoms with Crippen LogP contribution in [0.1, 0.15) is 101 Å². The number of carboxylic acid groups (broad SMARTS) is 1. The van der Waals surface area contributed by atoms with Gasteiger partial charge in [-0.05, 0) is 109 Å². The van der Waals surface area contributed by atoms with Crippen molar-refractivity contribution in [2.45, 2.75) is 122 Å². The average Bonchev–Trinajstić information content (AvgIpc) is 3.79. The molecular formula is C41H50N2O6. The average molecular weight is 667 g/mol. The third kappa shape index (κ3) is 8.83. The second-order valence-electron chi connectivity index (χ2n) is 15.2. The molecule has 260 valence electrons. The number of carbonyl (C=O) groups is 3. The van der Waals surface area contributed by atoms with E-state index in [2.05, 4.69) is 38.2 Å². The Morgan fingerprint density at radius 3 is 2.12 bits per heavy atom. The lowest BCUT2D eigenvalue weighted by molar-refractivity contribution is -0.145. The summed E-state index contributed by atoms with van der Waals surface area (Å²) in [6.07, 6.45) is 9.82. The summed E-state index contributed by atoms with van der Waals surface area (Å²) >= 11 is 0. The standard InChI is InChI=1S/C41H50N2O6/c1-41(2,3)31-15-20-34(21-16-31)49-35-19-14-29-25-37(43(26-30(29)24-35)38(44)23-27-8-4-5-9-27)39(45)42-36(40(46)47)22-28-12-17-33(18-13-28)48-32-10-6-7-11-32/h12-21,24,27,32,36-37H,4-11,22-23,25-26H2,1-3H3,(H,42,45)(H,46,47)/t36-,37-/m0/s1. The lowest BCUT2D eigenvalue weighted by Gasteiger charge is -2.37. The van der Waals surface area contributed by atoms with Crippen LogP contribution in [-0.4, -0.2) is 46.0 Å². The Hall–Kier alpha value is -4.33. The van der Waals surface area contributed by atoms with Crippen molar-refractivity contribution in [3.8, 4) is 17.2 Å². The SMILES string of the molecule is CC(C)(C)c1ccc(Oc2ccc3c(c2)CN(C(=O)CC2CCCC2)[C@H](C(=O)N[C@@H](Cc2ccc(OC4CCCC4)cc2)C(=O)O)C3)cc1. The van der Waals surface area contributed by atoms with Crippen molar-refractivity contribution in [3.05, 3.63) is 89.0 Å². The molecule has 2 atom stereocenters. The van der Waals surface area contributed by atoms with Crippen LogP contribution < -0.4 is 14.8 Å². The highest BCUT2D eigenvalue weighted by Gasteiger charge is 2.37. The maximum Gasteiger partial charge on any atom is 0.326 e. The van der Waals surface area contributed by atoms with E-state index in [0.29, 0.717) is 24.5 Å². The van der Waals surface area contributed by atoms with Crippen molar-refractivity contribution >= 4 is 17.8 Å². The molecule has 6 rings (SSSR count). The van der Waals surface area contributed by atoms with Gasteiger partial charge < -0.3 is 24.8 Å². The quantitative estimate of drug-likeness (QED) is 0.217. The number of hydrogen-bond acceptors (Lipinski definition) is 5. The van der Waals surface area contributed by atoms with E-state index in [1.807, 2.05) is 54.6 Å². The number of aliphatic carboxylic acids is 1. The number of rotatable bonds is 11. The van der Waals surface area contributed by atoms with E-state index in [-0.39, 0.29) is 30.4 Å². The minimum absolute atomic E-state index is 0.0431. The van der Waals surface area contributed by atoms with Gasteiger partial charge >= 0.3 is 5.97 Å². The number of ether oxygens (including phenoxy) is 2. The number of nitrogens with one attached hydrogen (secondary N) is 1. The first kappa shape index (κ1) is 34.5. The highest BCUT2D eigenvalue weighted by atomic mass is 16.5.